The number of nitrogens with one attached hydrogen (secondary N) is 1. The van der Waals surface area contributed by atoms with Crippen molar-refractivity contribution < 1.29 is 4.79 Å². The van der Waals surface area contributed by atoms with Gasteiger partial charge in [0.15, 0.2) is 0 Å². The third-order valence-electron chi connectivity index (χ3n) is 2.55. The summed E-state index contributed by atoms with van der Waals surface area (Å²) in [4.78, 5) is 32.3. The van der Waals surface area contributed by atoms with Gasteiger partial charge < -0.3 is 5.32 Å². The van der Waals surface area contributed by atoms with E-state index in [1.807, 2.05) is 13.8 Å². The normalized spacial score (nSPS) is 10.4. The van der Waals surface area contributed by atoms with E-state index in [2.05, 4.69) is 15.3 Å². The minimum atomic E-state index is -0.241. The van der Waals surface area contributed by atoms with Gasteiger partial charge in [0, 0.05) is 17.1 Å². The molecule has 0 unspecified atom stereocenters. The van der Waals surface area contributed by atoms with Crippen molar-refractivity contribution in [3.05, 3.63) is 44.5 Å². The number of hydrogen-bond acceptors (Lipinski definition) is 5. The van der Waals surface area contributed by atoms with Gasteiger partial charge in [-0.1, -0.05) is 0 Å². The molecule has 2 rings (SSSR count). The fourth-order valence-corrected chi connectivity index (χ4v) is 2.50. The SMILES string of the molecule is Cc1nc(C)c(CNC(=O)Cn2cnccc2=O)s1. The van der Waals surface area contributed by atoms with Gasteiger partial charge in [0.25, 0.3) is 5.56 Å². The molecule has 0 radical (unpaired) electrons. The first-order chi connectivity index (χ1) is 9.06. The van der Waals surface area contributed by atoms with Gasteiger partial charge in [-0.3, -0.25) is 14.2 Å². The summed E-state index contributed by atoms with van der Waals surface area (Å²) in [6.07, 6.45) is 2.75. The summed E-state index contributed by atoms with van der Waals surface area (Å²) in [5.74, 6) is -0.222. The van der Waals surface area contributed by atoms with Crippen molar-refractivity contribution in [2.45, 2.75) is 26.9 Å². The third kappa shape index (κ3) is 3.47. The van der Waals surface area contributed by atoms with Crippen LogP contribution in [-0.4, -0.2) is 20.4 Å². The van der Waals surface area contributed by atoms with Crippen LogP contribution in [0.25, 0.3) is 0 Å². The maximum Gasteiger partial charge on any atom is 0.253 e. The first kappa shape index (κ1) is 13.4. The zero-order valence-corrected chi connectivity index (χ0v) is 11.5. The molecule has 1 N–H and O–H groups in total. The van der Waals surface area contributed by atoms with Crippen LogP contribution in [0.5, 0.6) is 0 Å². The lowest BCUT2D eigenvalue weighted by Gasteiger charge is -2.05. The number of carbonyl (C=O) groups is 1. The fourth-order valence-electron chi connectivity index (χ4n) is 1.62. The maximum atomic E-state index is 11.7. The van der Waals surface area contributed by atoms with E-state index in [4.69, 9.17) is 0 Å². The van der Waals surface area contributed by atoms with Crippen LogP contribution in [0.4, 0.5) is 0 Å². The highest BCUT2D eigenvalue weighted by molar-refractivity contribution is 7.11. The number of amides is 1. The van der Waals surface area contributed by atoms with Crippen LogP contribution in [0.2, 0.25) is 0 Å². The molecule has 0 aliphatic carbocycles. The van der Waals surface area contributed by atoms with Crippen molar-refractivity contribution in [2.75, 3.05) is 0 Å². The van der Waals surface area contributed by atoms with Gasteiger partial charge in [-0.05, 0) is 13.8 Å². The van der Waals surface area contributed by atoms with Gasteiger partial charge in [-0.15, -0.1) is 11.3 Å². The van der Waals surface area contributed by atoms with Crippen molar-refractivity contribution in [1.29, 1.82) is 0 Å². The molecule has 0 bridgehead atoms. The third-order valence-corrected chi connectivity index (χ3v) is 3.62. The van der Waals surface area contributed by atoms with E-state index in [0.717, 1.165) is 15.6 Å². The summed E-state index contributed by atoms with van der Waals surface area (Å²) < 4.78 is 1.26. The van der Waals surface area contributed by atoms with Gasteiger partial charge in [0.05, 0.1) is 23.6 Å². The van der Waals surface area contributed by atoms with Crippen molar-refractivity contribution in [3.63, 3.8) is 0 Å². The lowest BCUT2D eigenvalue weighted by atomic mass is 10.4. The lowest BCUT2D eigenvalue weighted by Crippen LogP contribution is -2.31. The molecule has 0 saturated heterocycles. The van der Waals surface area contributed by atoms with Crippen LogP contribution in [-0.2, 0) is 17.9 Å². The molecular formula is C12H14N4O2S. The minimum absolute atomic E-state index is 0.0243. The average molecular weight is 278 g/mol. The molecule has 0 spiro atoms. The van der Waals surface area contributed by atoms with Crippen LogP contribution in [0.1, 0.15) is 15.6 Å². The number of aryl methyl sites for hydroxylation is 2. The maximum absolute atomic E-state index is 11.7. The number of rotatable bonds is 4. The second kappa shape index (κ2) is 5.75. The Morgan fingerprint density at radius 2 is 2.26 bits per heavy atom. The van der Waals surface area contributed by atoms with Gasteiger partial charge in [0.2, 0.25) is 5.91 Å². The molecule has 0 aromatic carbocycles. The Balaban J connectivity index is 1.94. The molecule has 19 heavy (non-hydrogen) atoms. The first-order valence-electron chi connectivity index (χ1n) is 5.76. The van der Waals surface area contributed by atoms with E-state index in [-0.39, 0.29) is 18.0 Å². The van der Waals surface area contributed by atoms with Crippen molar-refractivity contribution in [1.82, 2.24) is 19.9 Å². The summed E-state index contributed by atoms with van der Waals surface area (Å²) >= 11 is 1.56. The van der Waals surface area contributed by atoms with E-state index < -0.39 is 0 Å². The number of aromatic nitrogens is 3. The smallest absolute Gasteiger partial charge is 0.253 e. The summed E-state index contributed by atoms with van der Waals surface area (Å²) in [6.45, 7) is 4.25. The molecule has 0 aliphatic rings. The second-order valence-electron chi connectivity index (χ2n) is 4.06. The second-order valence-corrected chi connectivity index (χ2v) is 5.35. The molecule has 0 fully saturated rings. The quantitative estimate of drug-likeness (QED) is 0.890. The van der Waals surface area contributed by atoms with Crippen molar-refractivity contribution in [2.24, 2.45) is 0 Å². The van der Waals surface area contributed by atoms with Crippen LogP contribution in [0.15, 0.2) is 23.4 Å². The predicted molar refractivity (Wildman–Crippen MR) is 71.9 cm³/mol. The zero-order valence-electron chi connectivity index (χ0n) is 10.7. The van der Waals surface area contributed by atoms with E-state index in [9.17, 15) is 9.59 Å². The Bertz CT molecular complexity index is 647. The molecule has 0 atom stereocenters. The number of thiazole rings is 1. The molecule has 100 valence electrons. The summed E-state index contributed by atoms with van der Waals surface area (Å²) in [6, 6.07) is 1.32. The zero-order chi connectivity index (χ0) is 13.8. The van der Waals surface area contributed by atoms with E-state index in [0.29, 0.717) is 6.54 Å². The predicted octanol–water partition coefficient (Wildman–Crippen LogP) is 0.633. The Morgan fingerprint density at radius 1 is 1.47 bits per heavy atom. The van der Waals surface area contributed by atoms with Crippen LogP contribution >= 0.6 is 11.3 Å². The number of hydrogen-bond donors (Lipinski definition) is 1. The van der Waals surface area contributed by atoms with E-state index in [1.165, 1.54) is 23.2 Å². The summed E-state index contributed by atoms with van der Waals surface area (Å²) in [5.41, 5.74) is 0.691. The minimum Gasteiger partial charge on any atom is -0.350 e. The van der Waals surface area contributed by atoms with Gasteiger partial charge >= 0.3 is 0 Å². The van der Waals surface area contributed by atoms with E-state index in [1.54, 1.807) is 11.3 Å². The van der Waals surface area contributed by atoms with Gasteiger partial charge in [-0.2, -0.15) is 0 Å². The van der Waals surface area contributed by atoms with Crippen LogP contribution < -0.4 is 10.9 Å². The highest BCUT2D eigenvalue weighted by Crippen LogP contribution is 2.16. The van der Waals surface area contributed by atoms with E-state index >= 15 is 0 Å². The molecule has 0 saturated carbocycles. The van der Waals surface area contributed by atoms with Gasteiger partial charge in [0.1, 0.15) is 6.54 Å². The highest BCUT2D eigenvalue weighted by Gasteiger charge is 2.08. The number of carbonyl (C=O) groups excluding carboxylic acids is 1. The van der Waals surface area contributed by atoms with Crippen molar-refractivity contribution >= 4 is 17.2 Å². The molecule has 6 nitrogen and oxygen atoms in total. The van der Waals surface area contributed by atoms with Crippen molar-refractivity contribution in [3.8, 4) is 0 Å². The monoisotopic (exact) mass is 278 g/mol. The standard InChI is InChI=1S/C12H14N4O2S/c1-8-10(19-9(2)15-8)5-14-11(17)6-16-7-13-4-3-12(16)18/h3-4,7H,5-6H2,1-2H3,(H,14,17). The van der Waals surface area contributed by atoms with Gasteiger partial charge in [-0.25, -0.2) is 9.97 Å². The Kier molecular flexibility index (Phi) is 4.06. The molecule has 2 aromatic rings. The van der Waals surface area contributed by atoms with Crippen LogP contribution in [0.3, 0.4) is 0 Å². The highest BCUT2D eigenvalue weighted by atomic mass is 32.1. The van der Waals surface area contributed by atoms with Crippen LogP contribution in [0, 0.1) is 13.8 Å². The number of nitrogens with zero attached hydrogens (tertiary/aromatic N) is 3. The molecule has 7 heteroatoms. The largest absolute Gasteiger partial charge is 0.350 e. The fraction of sp³-hybridized carbons (Fsp3) is 0.333. The molecule has 2 heterocycles. The average Bonchev–Trinajstić information content (AvgIpc) is 2.68. The molecular weight excluding hydrogens is 264 g/mol. The first-order valence-corrected chi connectivity index (χ1v) is 6.58. The Morgan fingerprint density at radius 3 is 2.89 bits per heavy atom. The molecule has 2 aromatic heterocycles. The Hall–Kier alpha value is -2.02. The Labute approximate surface area is 114 Å². The topological polar surface area (TPSA) is 76.9 Å². The summed E-state index contributed by atoms with van der Waals surface area (Å²) in [5, 5.41) is 3.75. The lowest BCUT2D eigenvalue weighted by molar-refractivity contribution is -0.121. The molecule has 0 aliphatic heterocycles. The summed E-state index contributed by atoms with van der Waals surface area (Å²) in [7, 11) is 0. The molecule has 1 amide bonds.